The quantitative estimate of drug-likeness (QED) is 0.255. The highest BCUT2D eigenvalue weighted by Crippen LogP contribution is 2.39. The van der Waals surface area contributed by atoms with Crippen molar-refractivity contribution in [3.63, 3.8) is 0 Å². The summed E-state index contributed by atoms with van der Waals surface area (Å²) in [7, 11) is 0. The van der Waals surface area contributed by atoms with Gasteiger partial charge < -0.3 is 30.5 Å². The highest BCUT2D eigenvalue weighted by Gasteiger charge is 2.36. The number of pyridine rings is 1. The first-order chi connectivity index (χ1) is 21.8. The van der Waals surface area contributed by atoms with Crippen LogP contribution < -0.4 is 15.8 Å². The number of ether oxygens (including phenoxy) is 2. The third-order valence-electron chi connectivity index (χ3n) is 7.44. The Hall–Kier alpha value is -5.02. The number of nitrogens with one attached hydrogen (secondary N) is 1. The molecule has 0 bridgehead atoms. The molecule has 4 heterocycles. The van der Waals surface area contributed by atoms with Crippen molar-refractivity contribution in [1.82, 2.24) is 24.3 Å². The van der Waals surface area contributed by atoms with Crippen molar-refractivity contribution in [2.75, 3.05) is 30.8 Å². The highest BCUT2D eigenvalue weighted by molar-refractivity contribution is 6.05. The number of aliphatic hydroxyl groups is 1. The summed E-state index contributed by atoms with van der Waals surface area (Å²) in [5, 5.41) is 12.4. The van der Waals surface area contributed by atoms with Crippen LogP contribution in [0.1, 0.15) is 54.3 Å². The number of benzene rings is 1. The fraction of sp³-hybridized carbons (Fsp3) is 0.323. The van der Waals surface area contributed by atoms with Gasteiger partial charge in [-0.1, -0.05) is 6.58 Å². The Morgan fingerprint density at radius 2 is 2.04 bits per heavy atom. The molecule has 2 amide bonds. The molecule has 46 heavy (non-hydrogen) atoms. The largest absolute Gasteiger partial charge is 0.493 e. The van der Waals surface area contributed by atoms with E-state index in [1.54, 1.807) is 23.5 Å². The van der Waals surface area contributed by atoms with Gasteiger partial charge in [-0.3, -0.25) is 14.0 Å². The van der Waals surface area contributed by atoms with Crippen LogP contribution in [-0.4, -0.2) is 73.1 Å². The summed E-state index contributed by atoms with van der Waals surface area (Å²) in [5.41, 5.74) is 7.24. The van der Waals surface area contributed by atoms with E-state index >= 15 is 0 Å². The zero-order chi connectivity index (χ0) is 33.3. The van der Waals surface area contributed by atoms with Crippen molar-refractivity contribution in [3.05, 3.63) is 71.9 Å². The van der Waals surface area contributed by atoms with Crippen LogP contribution in [0.25, 0.3) is 22.9 Å². The first-order valence-electron chi connectivity index (χ1n) is 14.3. The fourth-order valence-electron chi connectivity index (χ4n) is 5.20. The Labute approximate surface area is 261 Å². The van der Waals surface area contributed by atoms with E-state index in [0.29, 0.717) is 28.3 Å². The Bertz CT molecular complexity index is 1810. The van der Waals surface area contributed by atoms with Crippen LogP contribution in [0.4, 0.5) is 24.8 Å². The van der Waals surface area contributed by atoms with Gasteiger partial charge in [0, 0.05) is 17.3 Å². The van der Waals surface area contributed by atoms with Crippen LogP contribution in [0.15, 0.2) is 49.3 Å². The molecule has 3 aromatic heterocycles. The topological polar surface area (TPSA) is 157 Å². The molecular formula is C31H32F3N7O5. The average Bonchev–Trinajstić information content (AvgIpc) is 3.42. The predicted octanol–water partition coefficient (Wildman–Crippen LogP) is 4.36. The van der Waals surface area contributed by atoms with E-state index in [4.69, 9.17) is 20.2 Å². The number of halogens is 3. The standard InChI is InChI=1S/C31H32F3N7O5/c1-5-20-13-37-27(35)26-25(39-28(41(20)26)23-14-40(16(3)15-46-23)30(44)17(4)42)21-8-7-18(11-22(21)45-6-2)29(43)38-24-12-19(9-10-36-24)31(32,33)34/h5,7-13,16-17,23,42H,1,6,14-15H2,2-4H3,(H2,35,37)(H,36,38,43)/t16-,17-,23+/m0/s1. The first kappa shape index (κ1) is 32.4. The van der Waals surface area contributed by atoms with Crippen molar-refractivity contribution >= 4 is 35.0 Å². The number of nitrogens with zero attached hydrogens (tertiary/aromatic N) is 5. The van der Waals surface area contributed by atoms with Crippen LogP contribution in [-0.2, 0) is 15.7 Å². The summed E-state index contributed by atoms with van der Waals surface area (Å²) < 4.78 is 53.3. The lowest BCUT2D eigenvalue weighted by molar-refractivity contribution is -0.152. The number of morpholine rings is 1. The van der Waals surface area contributed by atoms with Crippen LogP contribution >= 0.6 is 0 Å². The van der Waals surface area contributed by atoms with E-state index < -0.39 is 35.8 Å². The predicted molar refractivity (Wildman–Crippen MR) is 163 cm³/mol. The number of rotatable bonds is 8. The van der Waals surface area contributed by atoms with Gasteiger partial charge in [0.25, 0.3) is 11.8 Å². The molecule has 0 radical (unpaired) electrons. The van der Waals surface area contributed by atoms with Crippen LogP contribution in [0.2, 0.25) is 0 Å². The molecule has 0 aliphatic carbocycles. The van der Waals surface area contributed by atoms with Gasteiger partial charge in [0.05, 0.1) is 43.3 Å². The Kier molecular flexibility index (Phi) is 8.99. The lowest BCUT2D eigenvalue weighted by atomic mass is 10.1. The number of nitrogens with two attached hydrogens (primary N) is 1. The number of imidazole rings is 1. The third-order valence-corrected chi connectivity index (χ3v) is 7.44. The zero-order valence-corrected chi connectivity index (χ0v) is 25.2. The second-order valence-electron chi connectivity index (χ2n) is 10.6. The SMILES string of the molecule is C=Cc1cnc(N)c2c(-c3ccc(C(=O)Nc4cc(C(F)(F)F)ccn4)cc3OCC)nc([C@H]3CN(C(=O)[C@H](C)O)[C@@H](C)CO3)n12. The molecule has 1 aromatic carbocycles. The molecule has 0 unspecified atom stereocenters. The lowest BCUT2D eigenvalue weighted by Crippen LogP contribution is -2.51. The molecule has 1 aliphatic rings. The number of alkyl halides is 3. The fourth-order valence-corrected chi connectivity index (χ4v) is 5.20. The van der Waals surface area contributed by atoms with Crippen LogP contribution in [0, 0.1) is 0 Å². The molecule has 15 heteroatoms. The number of hydrogen-bond donors (Lipinski definition) is 3. The van der Waals surface area contributed by atoms with E-state index in [2.05, 4.69) is 21.9 Å². The number of carbonyl (C=O) groups excluding carboxylic acids is 2. The lowest BCUT2D eigenvalue weighted by Gasteiger charge is -2.38. The molecule has 1 saturated heterocycles. The molecule has 1 fully saturated rings. The number of anilines is 2. The van der Waals surface area contributed by atoms with Crippen molar-refractivity contribution in [2.45, 2.75) is 45.2 Å². The minimum atomic E-state index is -4.60. The minimum absolute atomic E-state index is 0.0879. The summed E-state index contributed by atoms with van der Waals surface area (Å²) in [5.74, 6) is -0.666. The van der Waals surface area contributed by atoms with Crippen molar-refractivity contribution in [2.24, 2.45) is 0 Å². The maximum Gasteiger partial charge on any atom is 0.416 e. The maximum absolute atomic E-state index is 13.2. The Balaban J connectivity index is 1.58. The molecule has 5 rings (SSSR count). The van der Waals surface area contributed by atoms with Gasteiger partial charge in [0.1, 0.15) is 46.6 Å². The molecule has 12 nitrogen and oxygen atoms in total. The first-order valence-corrected chi connectivity index (χ1v) is 14.3. The van der Waals surface area contributed by atoms with Gasteiger partial charge in [-0.25, -0.2) is 15.0 Å². The summed E-state index contributed by atoms with van der Waals surface area (Å²) >= 11 is 0. The number of nitrogen functional groups attached to an aromatic ring is 1. The molecule has 4 aromatic rings. The number of carbonyl (C=O) groups is 2. The number of aliphatic hydroxyl groups excluding tert-OH is 1. The number of amides is 2. The summed E-state index contributed by atoms with van der Waals surface area (Å²) in [4.78, 5) is 40.4. The molecular weight excluding hydrogens is 607 g/mol. The number of aromatic nitrogens is 4. The van der Waals surface area contributed by atoms with Gasteiger partial charge in [-0.15, -0.1) is 0 Å². The molecule has 1 aliphatic heterocycles. The molecule has 242 valence electrons. The highest BCUT2D eigenvalue weighted by atomic mass is 19.4. The third kappa shape index (κ3) is 6.23. The smallest absolute Gasteiger partial charge is 0.416 e. The maximum atomic E-state index is 13.2. The van der Waals surface area contributed by atoms with Gasteiger partial charge in [-0.05, 0) is 57.2 Å². The molecule has 3 atom stereocenters. The van der Waals surface area contributed by atoms with Crippen LogP contribution in [0.5, 0.6) is 5.75 Å². The second kappa shape index (κ2) is 12.8. The van der Waals surface area contributed by atoms with Crippen molar-refractivity contribution in [1.29, 1.82) is 0 Å². The Morgan fingerprint density at radius 3 is 2.72 bits per heavy atom. The van der Waals surface area contributed by atoms with Gasteiger partial charge in [-0.2, -0.15) is 13.2 Å². The van der Waals surface area contributed by atoms with Gasteiger partial charge >= 0.3 is 6.18 Å². The van der Waals surface area contributed by atoms with Crippen LogP contribution in [0.3, 0.4) is 0 Å². The Morgan fingerprint density at radius 1 is 1.28 bits per heavy atom. The molecule has 0 saturated carbocycles. The van der Waals surface area contributed by atoms with E-state index in [-0.39, 0.29) is 48.7 Å². The van der Waals surface area contributed by atoms with E-state index in [1.807, 2.05) is 6.92 Å². The molecule has 4 N–H and O–H groups in total. The average molecular weight is 640 g/mol. The number of hydrogen-bond acceptors (Lipinski definition) is 9. The summed E-state index contributed by atoms with van der Waals surface area (Å²) in [6.45, 7) is 9.34. The molecule has 0 spiro atoms. The normalized spacial score (nSPS) is 17.5. The van der Waals surface area contributed by atoms with Gasteiger partial charge in [0.15, 0.2) is 0 Å². The minimum Gasteiger partial charge on any atom is -0.493 e. The van der Waals surface area contributed by atoms with Crippen molar-refractivity contribution in [3.8, 4) is 17.0 Å². The van der Waals surface area contributed by atoms with E-state index in [0.717, 1.165) is 18.3 Å². The van der Waals surface area contributed by atoms with E-state index in [9.17, 15) is 27.9 Å². The zero-order valence-electron chi connectivity index (χ0n) is 25.2. The summed E-state index contributed by atoms with van der Waals surface area (Å²) in [6.07, 6.45) is -2.48. The van der Waals surface area contributed by atoms with Gasteiger partial charge in [0.2, 0.25) is 0 Å². The second-order valence-corrected chi connectivity index (χ2v) is 10.6. The monoisotopic (exact) mass is 639 g/mol. The summed E-state index contributed by atoms with van der Waals surface area (Å²) in [6, 6.07) is 5.75. The van der Waals surface area contributed by atoms with E-state index in [1.165, 1.54) is 30.2 Å². The number of fused-ring (bicyclic) bond motifs is 1. The van der Waals surface area contributed by atoms with Crippen molar-refractivity contribution < 1.29 is 37.3 Å².